The van der Waals surface area contributed by atoms with Crippen LogP contribution >= 0.6 is 11.6 Å². The first-order valence-corrected chi connectivity index (χ1v) is 9.09. The molecule has 0 spiro atoms. The molecule has 1 amide bonds. The Labute approximate surface area is 165 Å². The topological polar surface area (TPSA) is 77.1 Å². The summed E-state index contributed by atoms with van der Waals surface area (Å²) in [6, 6.07) is 17.8. The maximum atomic E-state index is 12.4. The first-order chi connectivity index (χ1) is 13.6. The lowest BCUT2D eigenvalue weighted by Gasteiger charge is -2.07. The van der Waals surface area contributed by atoms with Gasteiger partial charge in [0.2, 0.25) is 0 Å². The lowest BCUT2D eigenvalue weighted by molar-refractivity contribution is 0.0925. The predicted molar refractivity (Wildman–Crippen MR) is 107 cm³/mol. The van der Waals surface area contributed by atoms with E-state index in [1.165, 1.54) is 4.68 Å². The number of fused-ring (bicyclic) bond motifs is 1. The van der Waals surface area contributed by atoms with Crippen LogP contribution in [0.15, 0.2) is 76.1 Å². The Morgan fingerprint density at radius 3 is 2.71 bits per heavy atom. The van der Waals surface area contributed by atoms with E-state index in [0.717, 1.165) is 10.9 Å². The molecule has 0 saturated carbocycles. The molecule has 6 nitrogen and oxygen atoms in total. The Morgan fingerprint density at radius 1 is 1.07 bits per heavy atom. The zero-order valence-corrected chi connectivity index (χ0v) is 15.5. The predicted octanol–water partition coefficient (Wildman–Crippen LogP) is 3.74. The minimum atomic E-state index is -0.368. The lowest BCUT2D eigenvalue weighted by Crippen LogP contribution is -2.31. The highest BCUT2D eigenvalue weighted by Gasteiger charge is 2.13. The number of rotatable bonds is 5. The number of hydrogen-bond acceptors (Lipinski definition) is 4. The number of carbonyl (C=O) groups excluding carboxylic acids is 1. The summed E-state index contributed by atoms with van der Waals surface area (Å²) in [4.78, 5) is 24.7. The van der Waals surface area contributed by atoms with Crippen molar-refractivity contribution in [3.63, 3.8) is 0 Å². The van der Waals surface area contributed by atoms with Gasteiger partial charge in [-0.25, -0.2) is 4.68 Å². The number of hydrogen-bond donors (Lipinski definition) is 1. The molecule has 1 N–H and O–H groups in total. The molecule has 4 aromatic rings. The van der Waals surface area contributed by atoms with Crippen molar-refractivity contribution in [1.29, 1.82) is 0 Å². The summed E-state index contributed by atoms with van der Waals surface area (Å²) >= 11 is 6.16. The highest BCUT2D eigenvalue weighted by molar-refractivity contribution is 6.33. The second kappa shape index (κ2) is 7.70. The normalized spacial score (nSPS) is 10.9. The summed E-state index contributed by atoms with van der Waals surface area (Å²) in [7, 11) is 0. The minimum Gasteiger partial charge on any atom is -0.451 e. The summed E-state index contributed by atoms with van der Waals surface area (Å²) in [5.74, 6) is 0.323. The number of benzene rings is 2. The first kappa shape index (κ1) is 18.0. The third kappa shape index (κ3) is 3.54. The van der Waals surface area contributed by atoms with Crippen molar-refractivity contribution in [3.8, 4) is 11.3 Å². The van der Waals surface area contributed by atoms with Gasteiger partial charge in [-0.3, -0.25) is 9.59 Å². The number of amides is 1. The molecule has 0 saturated heterocycles. The zero-order chi connectivity index (χ0) is 19.5. The van der Waals surface area contributed by atoms with Gasteiger partial charge in [-0.15, -0.1) is 0 Å². The Morgan fingerprint density at radius 2 is 1.86 bits per heavy atom. The Balaban J connectivity index is 1.42. The van der Waals surface area contributed by atoms with Gasteiger partial charge in [0.1, 0.15) is 5.76 Å². The van der Waals surface area contributed by atoms with Crippen LogP contribution in [0.3, 0.4) is 0 Å². The second-order valence-electron chi connectivity index (χ2n) is 6.16. The molecule has 4 rings (SSSR count). The van der Waals surface area contributed by atoms with Crippen LogP contribution in [0.1, 0.15) is 10.6 Å². The van der Waals surface area contributed by atoms with Gasteiger partial charge in [0.25, 0.3) is 11.5 Å². The molecule has 2 aromatic heterocycles. The summed E-state index contributed by atoms with van der Waals surface area (Å²) in [6.07, 6.45) is 1.64. The number of nitrogens with zero attached hydrogens (tertiary/aromatic N) is 2. The first-order valence-electron chi connectivity index (χ1n) is 8.71. The summed E-state index contributed by atoms with van der Waals surface area (Å²) in [6.45, 7) is 0.500. The highest BCUT2D eigenvalue weighted by Crippen LogP contribution is 2.28. The fourth-order valence-corrected chi connectivity index (χ4v) is 3.14. The van der Waals surface area contributed by atoms with Crippen LogP contribution in [-0.4, -0.2) is 22.2 Å². The van der Waals surface area contributed by atoms with Crippen molar-refractivity contribution < 1.29 is 9.21 Å². The van der Waals surface area contributed by atoms with Crippen LogP contribution < -0.4 is 10.9 Å². The van der Waals surface area contributed by atoms with E-state index < -0.39 is 0 Å². The minimum absolute atomic E-state index is 0.175. The van der Waals surface area contributed by atoms with Gasteiger partial charge in [0, 0.05) is 17.5 Å². The van der Waals surface area contributed by atoms with Gasteiger partial charge in [-0.1, -0.05) is 41.9 Å². The van der Waals surface area contributed by atoms with E-state index >= 15 is 0 Å². The molecule has 0 aliphatic heterocycles. The van der Waals surface area contributed by atoms with Gasteiger partial charge >= 0.3 is 0 Å². The summed E-state index contributed by atoms with van der Waals surface area (Å²) < 4.78 is 6.95. The third-order valence-electron chi connectivity index (χ3n) is 4.34. The summed E-state index contributed by atoms with van der Waals surface area (Å²) in [5.41, 5.74) is 0.529. The number of halogens is 1. The van der Waals surface area contributed by atoms with Gasteiger partial charge in [0.15, 0.2) is 5.76 Å². The van der Waals surface area contributed by atoms with Crippen molar-refractivity contribution in [2.45, 2.75) is 6.54 Å². The number of furan rings is 1. The molecule has 140 valence electrons. The quantitative estimate of drug-likeness (QED) is 0.560. The van der Waals surface area contributed by atoms with Crippen molar-refractivity contribution in [2.24, 2.45) is 0 Å². The molecule has 2 heterocycles. The van der Waals surface area contributed by atoms with Crippen molar-refractivity contribution >= 4 is 28.3 Å². The van der Waals surface area contributed by atoms with Crippen LogP contribution in [0.2, 0.25) is 5.02 Å². The average Bonchev–Trinajstić information content (AvgIpc) is 3.20. The van der Waals surface area contributed by atoms with Crippen molar-refractivity contribution in [3.05, 3.63) is 88.0 Å². The van der Waals surface area contributed by atoms with Gasteiger partial charge in [0.05, 0.1) is 23.2 Å². The van der Waals surface area contributed by atoms with Crippen LogP contribution in [0.25, 0.3) is 22.1 Å². The molecular weight excluding hydrogens is 378 g/mol. The molecule has 7 heteroatoms. The van der Waals surface area contributed by atoms with E-state index in [0.29, 0.717) is 16.2 Å². The van der Waals surface area contributed by atoms with E-state index in [2.05, 4.69) is 10.4 Å². The van der Waals surface area contributed by atoms with Gasteiger partial charge in [-0.05, 0) is 30.3 Å². The van der Waals surface area contributed by atoms with Crippen molar-refractivity contribution in [2.75, 3.05) is 6.54 Å². The Bertz CT molecular complexity index is 1210. The monoisotopic (exact) mass is 393 g/mol. The number of nitrogens with one attached hydrogen (secondary N) is 1. The lowest BCUT2D eigenvalue weighted by atomic mass is 10.2. The fraction of sp³-hybridized carbons (Fsp3) is 0.0952. The molecule has 0 aliphatic rings. The highest BCUT2D eigenvalue weighted by atomic mass is 35.5. The molecular formula is C21H16ClN3O3. The largest absolute Gasteiger partial charge is 0.451 e. The molecule has 0 aliphatic carbocycles. The van der Waals surface area contributed by atoms with E-state index in [4.69, 9.17) is 16.0 Å². The van der Waals surface area contributed by atoms with E-state index in [-0.39, 0.29) is 30.3 Å². The van der Waals surface area contributed by atoms with E-state index in [9.17, 15) is 9.59 Å². The second-order valence-corrected chi connectivity index (χ2v) is 6.57. The summed E-state index contributed by atoms with van der Waals surface area (Å²) in [5, 5.41) is 8.81. The van der Waals surface area contributed by atoms with E-state index in [1.807, 2.05) is 36.4 Å². The zero-order valence-electron chi connectivity index (χ0n) is 14.8. The maximum Gasteiger partial charge on any atom is 0.287 e. The fourth-order valence-electron chi connectivity index (χ4n) is 2.92. The standard InChI is InChI=1S/C21H16ClN3O3/c22-17-8-4-3-7-16(17)18-9-10-19(28-18)20(26)23-11-12-25-21(27)15-6-2-1-5-14(15)13-24-25/h1-10,13H,11-12H2,(H,23,26). The maximum absolute atomic E-state index is 12.4. The van der Waals surface area contributed by atoms with Crippen LogP contribution in [0.4, 0.5) is 0 Å². The van der Waals surface area contributed by atoms with Crippen LogP contribution in [0, 0.1) is 0 Å². The Kier molecular flexibility index (Phi) is 4.95. The number of aromatic nitrogens is 2. The Hall–Kier alpha value is -3.38. The SMILES string of the molecule is O=C(NCCn1ncc2ccccc2c1=O)c1ccc(-c2ccccc2Cl)o1. The molecule has 2 aromatic carbocycles. The van der Waals surface area contributed by atoms with Gasteiger partial charge in [-0.2, -0.15) is 5.10 Å². The smallest absolute Gasteiger partial charge is 0.287 e. The third-order valence-corrected chi connectivity index (χ3v) is 4.67. The molecule has 0 bridgehead atoms. The van der Waals surface area contributed by atoms with Crippen LogP contribution in [-0.2, 0) is 6.54 Å². The molecule has 0 atom stereocenters. The molecule has 28 heavy (non-hydrogen) atoms. The molecule has 0 radical (unpaired) electrons. The molecule has 0 fully saturated rings. The number of carbonyl (C=O) groups is 1. The molecule has 0 unspecified atom stereocenters. The van der Waals surface area contributed by atoms with Gasteiger partial charge < -0.3 is 9.73 Å². The van der Waals surface area contributed by atoms with E-state index in [1.54, 1.807) is 30.5 Å². The van der Waals surface area contributed by atoms with Crippen LogP contribution in [0.5, 0.6) is 0 Å². The van der Waals surface area contributed by atoms with Crippen molar-refractivity contribution in [1.82, 2.24) is 15.1 Å². The average molecular weight is 394 g/mol.